The van der Waals surface area contributed by atoms with Crippen molar-refractivity contribution in [2.45, 2.75) is 30.8 Å². The number of hydrogen-bond donors (Lipinski definition) is 1. The number of aliphatic hydroxyl groups is 1. The Balaban J connectivity index is 1.96. The number of likely N-dealkylation sites (tertiary alicyclic amines) is 1. The van der Waals surface area contributed by atoms with Gasteiger partial charge >= 0.3 is 0 Å². The molecule has 1 aliphatic rings. The molecule has 1 N–H and O–H groups in total. The van der Waals surface area contributed by atoms with E-state index in [2.05, 4.69) is 4.90 Å². The first-order valence-corrected chi connectivity index (χ1v) is 9.21. The minimum Gasteiger partial charge on any atom is -0.393 e. The van der Waals surface area contributed by atoms with Crippen LogP contribution in [0, 0.1) is 17.2 Å². The smallest absolute Gasteiger partial charge is 0.179 e. The van der Waals surface area contributed by atoms with Crippen LogP contribution in [0.25, 0.3) is 0 Å². The highest BCUT2D eigenvalue weighted by Crippen LogP contribution is 2.20. The molecule has 5 nitrogen and oxygen atoms in total. The predicted molar refractivity (Wildman–Crippen MR) is 84.1 cm³/mol. The summed E-state index contributed by atoms with van der Waals surface area (Å²) < 4.78 is 24.7. The van der Waals surface area contributed by atoms with Gasteiger partial charge < -0.3 is 10.0 Å². The summed E-state index contributed by atoms with van der Waals surface area (Å²) in [6.07, 6.45) is 1.64. The van der Waals surface area contributed by atoms with E-state index in [1.165, 1.54) is 24.3 Å². The van der Waals surface area contributed by atoms with E-state index >= 15 is 0 Å². The minimum atomic E-state index is -3.34. The van der Waals surface area contributed by atoms with Gasteiger partial charge in [-0.25, -0.2) is 8.42 Å². The highest BCUT2D eigenvalue weighted by Gasteiger charge is 2.24. The fraction of sp³-hybridized carbons (Fsp3) is 0.562. The molecule has 6 heteroatoms. The van der Waals surface area contributed by atoms with E-state index < -0.39 is 9.84 Å². The van der Waals surface area contributed by atoms with Crippen molar-refractivity contribution in [1.29, 1.82) is 5.26 Å². The Morgan fingerprint density at radius 2 is 2.09 bits per heavy atom. The SMILES string of the molecule is CC(O)C1CCCN(CCS(=O)(=O)c2ccc(C#N)cc2)C1. The van der Waals surface area contributed by atoms with Gasteiger partial charge in [-0.3, -0.25) is 0 Å². The van der Waals surface area contributed by atoms with Crippen LogP contribution >= 0.6 is 0 Å². The summed E-state index contributed by atoms with van der Waals surface area (Å²) in [5, 5.41) is 18.4. The monoisotopic (exact) mass is 322 g/mol. The Morgan fingerprint density at radius 3 is 2.68 bits per heavy atom. The van der Waals surface area contributed by atoms with E-state index in [1.807, 2.05) is 6.07 Å². The lowest BCUT2D eigenvalue weighted by Gasteiger charge is -2.34. The van der Waals surface area contributed by atoms with Crippen molar-refractivity contribution in [2.75, 3.05) is 25.4 Å². The second-order valence-electron chi connectivity index (χ2n) is 5.90. The molecule has 1 saturated heterocycles. The molecule has 120 valence electrons. The molecule has 1 aromatic carbocycles. The lowest BCUT2D eigenvalue weighted by molar-refractivity contribution is 0.0654. The van der Waals surface area contributed by atoms with Gasteiger partial charge in [0.15, 0.2) is 9.84 Å². The molecule has 2 atom stereocenters. The van der Waals surface area contributed by atoms with Gasteiger partial charge in [0.1, 0.15) is 0 Å². The molecule has 1 fully saturated rings. The van der Waals surface area contributed by atoms with Gasteiger partial charge in [-0.05, 0) is 56.5 Å². The number of benzene rings is 1. The second kappa shape index (κ2) is 7.23. The summed E-state index contributed by atoms with van der Waals surface area (Å²) in [5.74, 6) is 0.289. The van der Waals surface area contributed by atoms with Gasteiger partial charge in [0.25, 0.3) is 0 Å². The van der Waals surface area contributed by atoms with Gasteiger partial charge in [0.2, 0.25) is 0 Å². The minimum absolute atomic E-state index is 0.0609. The summed E-state index contributed by atoms with van der Waals surface area (Å²) >= 11 is 0. The van der Waals surface area contributed by atoms with Gasteiger partial charge in [-0.2, -0.15) is 5.26 Å². The third-order valence-corrected chi connectivity index (χ3v) is 5.95. The average Bonchev–Trinajstić information content (AvgIpc) is 2.53. The third-order valence-electron chi connectivity index (χ3n) is 4.24. The lowest BCUT2D eigenvalue weighted by Crippen LogP contribution is -2.41. The van der Waals surface area contributed by atoms with Crippen molar-refractivity contribution in [2.24, 2.45) is 5.92 Å². The number of nitriles is 1. The topological polar surface area (TPSA) is 81.4 Å². The van der Waals surface area contributed by atoms with Crippen LogP contribution in [0.15, 0.2) is 29.2 Å². The fourth-order valence-corrected chi connectivity index (χ4v) is 4.08. The molecule has 2 unspecified atom stereocenters. The van der Waals surface area contributed by atoms with Gasteiger partial charge in [-0.1, -0.05) is 0 Å². The van der Waals surface area contributed by atoms with Crippen LogP contribution in [0.3, 0.4) is 0 Å². The summed E-state index contributed by atoms with van der Waals surface area (Å²) in [7, 11) is -3.34. The number of hydrogen-bond acceptors (Lipinski definition) is 5. The highest BCUT2D eigenvalue weighted by atomic mass is 32.2. The van der Waals surface area contributed by atoms with E-state index in [1.54, 1.807) is 6.92 Å². The van der Waals surface area contributed by atoms with Crippen molar-refractivity contribution in [1.82, 2.24) is 4.90 Å². The van der Waals surface area contributed by atoms with Crippen molar-refractivity contribution in [3.05, 3.63) is 29.8 Å². The van der Waals surface area contributed by atoms with Crippen LogP contribution in [0.1, 0.15) is 25.3 Å². The predicted octanol–water partition coefficient (Wildman–Crippen LogP) is 1.42. The van der Waals surface area contributed by atoms with E-state index in [0.717, 1.165) is 25.9 Å². The van der Waals surface area contributed by atoms with Crippen molar-refractivity contribution >= 4 is 9.84 Å². The van der Waals surface area contributed by atoms with Crippen molar-refractivity contribution in [3.8, 4) is 6.07 Å². The third kappa shape index (κ3) is 4.29. The van der Waals surface area contributed by atoms with Gasteiger partial charge in [-0.15, -0.1) is 0 Å². The molecule has 0 saturated carbocycles. The van der Waals surface area contributed by atoms with Gasteiger partial charge in [0, 0.05) is 13.1 Å². The molecule has 1 aliphatic heterocycles. The molecular weight excluding hydrogens is 300 g/mol. The standard InChI is InChI=1S/C16H22N2O3S/c1-13(19)15-3-2-8-18(12-15)9-10-22(20,21)16-6-4-14(11-17)5-7-16/h4-7,13,15,19H,2-3,8-10,12H2,1H3. The van der Waals surface area contributed by atoms with Crippen LogP contribution in [-0.4, -0.2) is 49.9 Å². The summed E-state index contributed by atoms with van der Waals surface area (Å²) in [5.41, 5.74) is 0.453. The summed E-state index contributed by atoms with van der Waals surface area (Å²) in [4.78, 5) is 2.37. The van der Waals surface area contributed by atoms with Crippen LogP contribution in [0.4, 0.5) is 0 Å². The zero-order chi connectivity index (χ0) is 16.2. The molecule has 1 aromatic rings. The fourth-order valence-electron chi connectivity index (χ4n) is 2.79. The number of piperidine rings is 1. The Kier molecular flexibility index (Phi) is 5.57. The molecule has 0 amide bonds. The van der Waals surface area contributed by atoms with E-state index in [0.29, 0.717) is 12.1 Å². The zero-order valence-corrected chi connectivity index (χ0v) is 13.6. The maximum absolute atomic E-state index is 12.3. The zero-order valence-electron chi connectivity index (χ0n) is 12.8. The second-order valence-corrected chi connectivity index (χ2v) is 8.01. The van der Waals surface area contributed by atoms with Crippen molar-refractivity contribution in [3.63, 3.8) is 0 Å². The number of nitrogens with zero attached hydrogens (tertiary/aromatic N) is 2. The first-order chi connectivity index (χ1) is 10.4. The van der Waals surface area contributed by atoms with E-state index in [-0.39, 0.29) is 22.7 Å². The van der Waals surface area contributed by atoms with E-state index in [9.17, 15) is 13.5 Å². The maximum atomic E-state index is 12.3. The van der Waals surface area contributed by atoms with Crippen LogP contribution < -0.4 is 0 Å². The molecule has 1 heterocycles. The highest BCUT2D eigenvalue weighted by molar-refractivity contribution is 7.91. The first-order valence-electron chi connectivity index (χ1n) is 7.56. The van der Waals surface area contributed by atoms with Crippen LogP contribution in [-0.2, 0) is 9.84 Å². The lowest BCUT2D eigenvalue weighted by atomic mass is 9.93. The Bertz CT molecular complexity index is 632. The largest absolute Gasteiger partial charge is 0.393 e. The summed E-state index contributed by atoms with van der Waals surface area (Å²) in [6.45, 7) is 3.90. The molecule has 22 heavy (non-hydrogen) atoms. The molecular formula is C16H22N2O3S. The number of sulfone groups is 1. The molecule has 2 rings (SSSR count). The maximum Gasteiger partial charge on any atom is 0.179 e. The normalized spacial score (nSPS) is 21.2. The van der Waals surface area contributed by atoms with Crippen LogP contribution in [0.5, 0.6) is 0 Å². The molecule has 0 bridgehead atoms. The number of aliphatic hydroxyl groups excluding tert-OH is 1. The molecule has 0 radical (unpaired) electrons. The van der Waals surface area contributed by atoms with E-state index in [4.69, 9.17) is 5.26 Å². The first kappa shape index (κ1) is 16.9. The Labute approximate surface area is 132 Å². The van der Waals surface area contributed by atoms with Crippen molar-refractivity contribution < 1.29 is 13.5 Å². The molecule has 0 aliphatic carbocycles. The summed E-state index contributed by atoms with van der Waals surface area (Å²) in [6, 6.07) is 8.01. The average molecular weight is 322 g/mol. The van der Waals surface area contributed by atoms with Crippen LogP contribution in [0.2, 0.25) is 0 Å². The number of rotatable bonds is 5. The molecule has 0 aromatic heterocycles. The van der Waals surface area contributed by atoms with Gasteiger partial charge in [0.05, 0.1) is 28.4 Å². The Hall–Kier alpha value is -1.42. The quantitative estimate of drug-likeness (QED) is 0.887. The molecule has 0 spiro atoms. The Morgan fingerprint density at radius 1 is 1.41 bits per heavy atom.